The fourth-order valence-electron chi connectivity index (χ4n) is 3.73. The summed E-state index contributed by atoms with van der Waals surface area (Å²) in [6.45, 7) is 7.95. The Labute approximate surface area is 208 Å². The third-order valence-electron chi connectivity index (χ3n) is 5.39. The highest BCUT2D eigenvalue weighted by atomic mass is 16.6. The summed E-state index contributed by atoms with van der Waals surface area (Å²) in [6.07, 6.45) is 0. The lowest BCUT2D eigenvalue weighted by Crippen LogP contribution is -2.11. The second-order valence-corrected chi connectivity index (χ2v) is 8.68. The number of amides is 1. The fraction of sp³-hybridized carbons (Fsp3) is 0.179. The van der Waals surface area contributed by atoms with Gasteiger partial charge in [-0.15, -0.1) is 0 Å². The average Bonchev–Trinajstić information content (AvgIpc) is 3.28. The molecule has 4 rings (SSSR count). The minimum Gasteiger partial charge on any atom is -0.485 e. The van der Waals surface area contributed by atoms with E-state index in [1.165, 1.54) is 24.3 Å². The number of carbonyl (C=O) groups is 1. The van der Waals surface area contributed by atoms with Crippen molar-refractivity contribution in [2.24, 2.45) is 0 Å². The number of hydrogen-bond donors (Lipinski definition) is 1. The molecule has 0 spiro atoms. The maximum absolute atomic E-state index is 12.8. The van der Waals surface area contributed by atoms with Crippen LogP contribution in [-0.2, 0) is 6.61 Å². The molecule has 0 aliphatic rings. The molecule has 0 atom stereocenters. The van der Waals surface area contributed by atoms with Gasteiger partial charge in [-0.05, 0) is 80.3 Å². The number of hydrogen-bond acceptors (Lipinski definition) is 6. The molecular weight excluding hydrogens is 460 g/mol. The Bertz CT molecular complexity index is 1420. The van der Waals surface area contributed by atoms with E-state index in [0.29, 0.717) is 11.5 Å². The van der Waals surface area contributed by atoms with E-state index in [-0.39, 0.29) is 29.5 Å². The maximum atomic E-state index is 12.8. The topological polar surface area (TPSA) is 104 Å². The number of nitro benzene ring substituents is 1. The number of non-ortho nitro benzene ring substituents is 1. The summed E-state index contributed by atoms with van der Waals surface area (Å²) < 4.78 is 17.3. The van der Waals surface area contributed by atoms with Crippen molar-refractivity contribution in [2.75, 3.05) is 5.32 Å². The van der Waals surface area contributed by atoms with Gasteiger partial charge in [-0.3, -0.25) is 14.9 Å². The molecule has 0 radical (unpaired) electrons. The minimum atomic E-state index is -0.550. The molecular formula is C28H26N2O6. The van der Waals surface area contributed by atoms with Gasteiger partial charge in [-0.25, -0.2) is 0 Å². The van der Waals surface area contributed by atoms with Gasteiger partial charge < -0.3 is 19.2 Å². The van der Waals surface area contributed by atoms with Gasteiger partial charge in [0.15, 0.2) is 5.76 Å². The Morgan fingerprint density at radius 2 is 1.61 bits per heavy atom. The van der Waals surface area contributed by atoms with Crippen molar-refractivity contribution in [1.29, 1.82) is 0 Å². The van der Waals surface area contributed by atoms with Crippen molar-refractivity contribution in [2.45, 2.75) is 34.3 Å². The number of nitrogens with zero attached hydrogens (tertiary/aromatic N) is 1. The van der Waals surface area contributed by atoms with Crippen molar-refractivity contribution in [3.63, 3.8) is 0 Å². The summed E-state index contributed by atoms with van der Waals surface area (Å²) in [5.41, 5.74) is 4.06. The van der Waals surface area contributed by atoms with Crippen LogP contribution in [-0.4, -0.2) is 10.8 Å². The van der Waals surface area contributed by atoms with Gasteiger partial charge in [0.2, 0.25) is 0 Å². The predicted octanol–water partition coefficient (Wildman–Crippen LogP) is 7.05. The first kappa shape index (κ1) is 24.5. The Morgan fingerprint density at radius 3 is 2.33 bits per heavy atom. The Hall–Kier alpha value is -4.59. The molecule has 36 heavy (non-hydrogen) atoms. The summed E-state index contributed by atoms with van der Waals surface area (Å²) in [5.74, 6) is 1.49. The molecule has 3 aromatic carbocycles. The van der Waals surface area contributed by atoms with Gasteiger partial charge in [0, 0.05) is 12.1 Å². The number of furan rings is 1. The van der Waals surface area contributed by atoms with Crippen LogP contribution in [0.1, 0.15) is 38.6 Å². The first-order chi connectivity index (χ1) is 17.2. The molecule has 1 N–H and O–H groups in total. The molecule has 0 fully saturated rings. The lowest BCUT2D eigenvalue weighted by Gasteiger charge is -2.10. The number of anilines is 1. The molecule has 1 heterocycles. The second kappa shape index (κ2) is 10.4. The van der Waals surface area contributed by atoms with Crippen LogP contribution in [0.2, 0.25) is 0 Å². The van der Waals surface area contributed by atoms with Gasteiger partial charge in [0.25, 0.3) is 11.6 Å². The third-order valence-corrected chi connectivity index (χ3v) is 5.39. The third kappa shape index (κ3) is 6.09. The standard InChI is InChI=1S/C28H26N2O6/c1-17-5-6-20(4)27(12-17)34-16-23-7-8-26(36-23)28(31)29-21-13-22(30(32)33)15-25(14-21)35-24-10-18(2)9-19(3)11-24/h5-15H,16H2,1-4H3,(H,29,31). The Balaban J connectivity index is 1.48. The van der Waals surface area contributed by atoms with Crippen LogP contribution in [0.3, 0.4) is 0 Å². The van der Waals surface area contributed by atoms with Crippen LogP contribution in [0.15, 0.2) is 71.1 Å². The monoisotopic (exact) mass is 486 g/mol. The maximum Gasteiger partial charge on any atom is 0.291 e. The highest BCUT2D eigenvalue weighted by Gasteiger charge is 2.17. The molecule has 0 saturated heterocycles. The van der Waals surface area contributed by atoms with E-state index >= 15 is 0 Å². The molecule has 1 amide bonds. The molecule has 4 aromatic rings. The number of aryl methyl sites for hydroxylation is 4. The SMILES string of the molecule is Cc1cc(C)cc(Oc2cc(NC(=O)c3ccc(COc4cc(C)ccc4C)o3)cc([N+](=O)[O-])c2)c1. The zero-order valence-corrected chi connectivity index (χ0v) is 20.5. The van der Waals surface area contributed by atoms with E-state index in [0.717, 1.165) is 28.0 Å². The van der Waals surface area contributed by atoms with Gasteiger partial charge in [0.05, 0.1) is 16.7 Å². The van der Waals surface area contributed by atoms with E-state index in [1.807, 2.05) is 64.1 Å². The number of ether oxygens (including phenoxy) is 2. The van der Waals surface area contributed by atoms with Gasteiger partial charge in [-0.2, -0.15) is 0 Å². The smallest absolute Gasteiger partial charge is 0.291 e. The molecule has 184 valence electrons. The molecule has 0 unspecified atom stereocenters. The normalized spacial score (nSPS) is 10.7. The number of nitro groups is 1. The van der Waals surface area contributed by atoms with Crippen molar-refractivity contribution in [1.82, 2.24) is 0 Å². The van der Waals surface area contributed by atoms with E-state index in [9.17, 15) is 14.9 Å². The van der Waals surface area contributed by atoms with Gasteiger partial charge >= 0.3 is 0 Å². The largest absolute Gasteiger partial charge is 0.485 e. The average molecular weight is 487 g/mol. The number of nitrogens with one attached hydrogen (secondary N) is 1. The lowest BCUT2D eigenvalue weighted by molar-refractivity contribution is -0.384. The van der Waals surface area contributed by atoms with Gasteiger partial charge in [0.1, 0.15) is 29.6 Å². The van der Waals surface area contributed by atoms with E-state index in [2.05, 4.69) is 5.32 Å². The lowest BCUT2D eigenvalue weighted by atomic mass is 10.1. The van der Waals surface area contributed by atoms with Crippen LogP contribution >= 0.6 is 0 Å². The van der Waals surface area contributed by atoms with Crippen LogP contribution in [0.5, 0.6) is 17.2 Å². The second-order valence-electron chi connectivity index (χ2n) is 8.68. The molecule has 0 aliphatic heterocycles. The first-order valence-corrected chi connectivity index (χ1v) is 11.3. The number of rotatable bonds is 8. The summed E-state index contributed by atoms with van der Waals surface area (Å²) in [7, 11) is 0. The Morgan fingerprint density at radius 1 is 0.889 bits per heavy atom. The summed E-state index contributed by atoms with van der Waals surface area (Å²) >= 11 is 0. The highest BCUT2D eigenvalue weighted by Crippen LogP contribution is 2.31. The predicted molar refractivity (Wildman–Crippen MR) is 136 cm³/mol. The number of carbonyl (C=O) groups excluding carboxylic acids is 1. The van der Waals surface area contributed by atoms with E-state index in [1.54, 1.807) is 6.07 Å². The van der Waals surface area contributed by atoms with Crippen molar-refractivity contribution < 1.29 is 23.6 Å². The first-order valence-electron chi connectivity index (χ1n) is 11.3. The molecule has 0 saturated carbocycles. The fourth-order valence-corrected chi connectivity index (χ4v) is 3.73. The van der Waals surface area contributed by atoms with Crippen LogP contribution < -0.4 is 14.8 Å². The molecule has 8 nitrogen and oxygen atoms in total. The van der Waals surface area contributed by atoms with Crippen LogP contribution in [0.25, 0.3) is 0 Å². The van der Waals surface area contributed by atoms with E-state index in [4.69, 9.17) is 13.9 Å². The van der Waals surface area contributed by atoms with Crippen molar-refractivity contribution in [3.8, 4) is 17.2 Å². The van der Waals surface area contributed by atoms with Crippen LogP contribution in [0, 0.1) is 37.8 Å². The van der Waals surface area contributed by atoms with Gasteiger partial charge in [-0.1, -0.05) is 18.2 Å². The summed E-state index contributed by atoms with van der Waals surface area (Å²) in [6, 6.07) is 18.8. The Kier molecular flexibility index (Phi) is 7.05. The van der Waals surface area contributed by atoms with Crippen molar-refractivity contribution >= 4 is 17.3 Å². The molecule has 0 bridgehead atoms. The van der Waals surface area contributed by atoms with Crippen LogP contribution in [0.4, 0.5) is 11.4 Å². The zero-order chi connectivity index (χ0) is 25.8. The molecule has 0 aliphatic carbocycles. The minimum absolute atomic E-state index is 0.0536. The molecule has 8 heteroatoms. The zero-order valence-electron chi connectivity index (χ0n) is 20.5. The van der Waals surface area contributed by atoms with E-state index < -0.39 is 10.8 Å². The van der Waals surface area contributed by atoms with Crippen molar-refractivity contribution in [3.05, 3.63) is 111 Å². The number of benzene rings is 3. The summed E-state index contributed by atoms with van der Waals surface area (Å²) in [5, 5.41) is 14.1. The quantitative estimate of drug-likeness (QED) is 0.211. The summed E-state index contributed by atoms with van der Waals surface area (Å²) in [4.78, 5) is 23.7. The molecule has 1 aromatic heterocycles. The highest BCUT2D eigenvalue weighted by molar-refractivity contribution is 6.02.